The second-order valence-electron chi connectivity index (χ2n) is 10.9. The minimum Gasteiger partial charge on any atom is -0.399 e. The summed E-state index contributed by atoms with van der Waals surface area (Å²) in [5, 5.41) is 2.26. The summed E-state index contributed by atoms with van der Waals surface area (Å²) in [4.78, 5) is 0. The van der Waals surface area contributed by atoms with Crippen LogP contribution in [0.5, 0.6) is 0 Å². The lowest BCUT2D eigenvalue weighted by atomic mass is 10.2. The summed E-state index contributed by atoms with van der Waals surface area (Å²) in [6.45, 7) is 0. The van der Waals surface area contributed by atoms with Gasteiger partial charge in [0.05, 0.1) is 31.3 Å². The molecule has 0 fully saturated rings. The number of nitrogen functional groups attached to an aromatic ring is 6. The molecule has 0 bridgehead atoms. The van der Waals surface area contributed by atoms with Gasteiger partial charge in [-0.25, -0.2) is 0 Å². The number of alkyl halides is 6. The predicted molar refractivity (Wildman–Crippen MR) is 258 cm³/mol. The Morgan fingerprint density at radius 2 is 0.897 bits per heavy atom. The SMILES string of the molecule is Nc1cc(Br)ccc1Br.Nc1cc(Cl)c(Cl)c(Cl)c1.Nc1cc(Cl)ccc1Cl.Nc1cccc(Br)c1.Nc1cccc(C(Cl)(Cl)Cl)c1.Nc1cccc(C(F)(F)F)c1. The van der Waals surface area contributed by atoms with Gasteiger partial charge in [-0.1, -0.05) is 149 Å². The maximum atomic E-state index is 11.9. The molecule has 0 unspecified atom stereocenters. The van der Waals surface area contributed by atoms with E-state index in [9.17, 15) is 13.2 Å². The molecule has 20 heteroatoms. The van der Waals surface area contributed by atoms with Gasteiger partial charge in [-0.2, -0.15) is 13.2 Å². The normalized spacial score (nSPS) is 10.3. The molecular weight excluding hydrogens is 1120 g/mol. The first-order valence-electron chi connectivity index (χ1n) is 15.5. The Kier molecular flexibility index (Phi) is 24.2. The van der Waals surface area contributed by atoms with Gasteiger partial charge in [0.15, 0.2) is 0 Å². The zero-order valence-electron chi connectivity index (χ0n) is 29.3. The highest BCUT2D eigenvalue weighted by Gasteiger charge is 2.30. The highest BCUT2D eigenvalue weighted by molar-refractivity contribution is 9.11. The van der Waals surface area contributed by atoms with Crippen LogP contribution >= 0.6 is 141 Å². The third-order valence-corrected chi connectivity index (χ3v) is 10.3. The molecule has 0 aliphatic carbocycles. The van der Waals surface area contributed by atoms with Gasteiger partial charge in [0.2, 0.25) is 3.79 Å². The number of hydrogen-bond acceptors (Lipinski definition) is 6. The number of rotatable bonds is 0. The number of nitrogens with two attached hydrogens (primary N) is 6. The van der Waals surface area contributed by atoms with Gasteiger partial charge in [-0.15, -0.1) is 0 Å². The molecular formula is C38H32Br3Cl8F3N6. The molecule has 0 atom stereocenters. The molecule has 0 amide bonds. The van der Waals surface area contributed by atoms with Gasteiger partial charge in [0.25, 0.3) is 0 Å². The van der Waals surface area contributed by atoms with Crippen LogP contribution in [0.1, 0.15) is 11.1 Å². The molecule has 6 rings (SSSR count). The zero-order valence-corrected chi connectivity index (χ0v) is 40.1. The Morgan fingerprint density at radius 3 is 1.24 bits per heavy atom. The molecule has 0 radical (unpaired) electrons. The first-order chi connectivity index (χ1) is 26.8. The maximum Gasteiger partial charge on any atom is 0.416 e. The van der Waals surface area contributed by atoms with Crippen molar-refractivity contribution < 1.29 is 13.2 Å². The minimum absolute atomic E-state index is 0.125. The van der Waals surface area contributed by atoms with Crippen LogP contribution in [-0.2, 0) is 9.97 Å². The van der Waals surface area contributed by atoms with E-state index in [2.05, 4.69) is 47.8 Å². The van der Waals surface area contributed by atoms with Gasteiger partial charge < -0.3 is 34.4 Å². The van der Waals surface area contributed by atoms with Crippen LogP contribution in [0.25, 0.3) is 0 Å². The molecule has 312 valence electrons. The number of anilines is 6. The van der Waals surface area contributed by atoms with Crippen LogP contribution in [-0.4, -0.2) is 0 Å². The summed E-state index contributed by atoms with van der Waals surface area (Å²) in [6.07, 6.45) is -4.30. The fourth-order valence-electron chi connectivity index (χ4n) is 3.54. The Bertz CT molecular complexity index is 2070. The van der Waals surface area contributed by atoms with Crippen molar-refractivity contribution in [2.75, 3.05) is 34.4 Å². The highest BCUT2D eigenvalue weighted by Crippen LogP contribution is 2.38. The van der Waals surface area contributed by atoms with Crippen LogP contribution in [0.4, 0.5) is 47.3 Å². The van der Waals surface area contributed by atoms with E-state index in [1.165, 1.54) is 12.1 Å². The summed E-state index contributed by atoms with van der Waals surface area (Å²) in [5.74, 6) is 0. The largest absolute Gasteiger partial charge is 0.416 e. The summed E-state index contributed by atoms with van der Waals surface area (Å²) >= 11 is 54.7. The summed E-state index contributed by atoms with van der Waals surface area (Å²) < 4.78 is 37.3. The fourth-order valence-corrected chi connectivity index (χ4v) is 5.85. The monoisotopic (exact) mass is 1150 g/mol. The molecule has 0 saturated heterocycles. The predicted octanol–water partition coefficient (Wildman–Crippen LogP) is 16.0. The molecule has 0 aliphatic rings. The quantitative estimate of drug-likeness (QED) is 0.0505. The lowest BCUT2D eigenvalue weighted by Gasteiger charge is -2.10. The average molecular weight is 1150 g/mol. The van der Waals surface area contributed by atoms with Crippen molar-refractivity contribution in [2.24, 2.45) is 0 Å². The minimum atomic E-state index is -4.30. The lowest BCUT2D eigenvalue weighted by Crippen LogP contribution is -2.04. The summed E-state index contributed by atoms with van der Waals surface area (Å²) in [7, 11) is 0. The Morgan fingerprint density at radius 1 is 0.431 bits per heavy atom. The Hall–Kier alpha value is -2.33. The van der Waals surface area contributed by atoms with Crippen LogP contribution in [0, 0.1) is 0 Å². The van der Waals surface area contributed by atoms with E-state index in [-0.39, 0.29) is 5.69 Å². The van der Waals surface area contributed by atoms with Crippen molar-refractivity contribution >= 4 is 175 Å². The van der Waals surface area contributed by atoms with E-state index >= 15 is 0 Å². The zero-order chi connectivity index (χ0) is 44.4. The lowest BCUT2D eigenvalue weighted by molar-refractivity contribution is -0.137. The topological polar surface area (TPSA) is 156 Å². The van der Waals surface area contributed by atoms with Crippen molar-refractivity contribution in [3.05, 3.63) is 171 Å². The molecule has 0 spiro atoms. The van der Waals surface area contributed by atoms with Gasteiger partial charge >= 0.3 is 6.18 Å². The molecule has 0 saturated carbocycles. The van der Waals surface area contributed by atoms with Crippen LogP contribution in [0.2, 0.25) is 25.1 Å². The number of benzene rings is 6. The van der Waals surface area contributed by atoms with Gasteiger partial charge in [-0.05, 0) is 113 Å². The third kappa shape index (κ3) is 22.3. The first kappa shape index (κ1) is 53.7. The van der Waals surface area contributed by atoms with E-state index in [4.69, 9.17) is 127 Å². The van der Waals surface area contributed by atoms with Gasteiger partial charge in [0, 0.05) is 52.4 Å². The first-order valence-corrected chi connectivity index (χ1v) is 20.9. The van der Waals surface area contributed by atoms with Crippen LogP contribution < -0.4 is 34.4 Å². The van der Waals surface area contributed by atoms with E-state index in [1.807, 2.05) is 42.5 Å². The summed E-state index contributed by atoms with van der Waals surface area (Å²) in [5.41, 5.74) is 35.6. The maximum absolute atomic E-state index is 11.9. The standard InChI is InChI=1S/C7H6Cl3N.C7H6F3N.C6H5Br2N.C6H6BrN.C6H4Cl3N.C6H5Cl2N/c2*8-7(9,10)5-2-1-3-6(11)4-5;7-4-1-2-5(8)6(9)3-4;7-5-2-1-3-6(8)4-5;7-4-1-3(10)2-5(8)6(4)9;7-4-1-2-5(8)6(9)3-4/h2*1-4H,11H2;1-3H,9H2;1-4H,8H2;1-2H,10H2;1-3H,9H2. The van der Waals surface area contributed by atoms with E-state index < -0.39 is 15.5 Å². The smallest absolute Gasteiger partial charge is 0.399 e. The second-order valence-corrected chi connectivity index (χ2v) is 17.9. The van der Waals surface area contributed by atoms with Crippen molar-refractivity contribution in [1.29, 1.82) is 0 Å². The molecule has 12 N–H and O–H groups in total. The molecule has 6 aromatic rings. The van der Waals surface area contributed by atoms with Gasteiger partial charge in [-0.3, -0.25) is 0 Å². The number of hydrogen-bond donors (Lipinski definition) is 6. The highest BCUT2D eigenvalue weighted by atomic mass is 79.9. The van der Waals surface area contributed by atoms with Crippen LogP contribution in [0.3, 0.4) is 0 Å². The molecule has 0 aromatic heterocycles. The molecule has 6 nitrogen and oxygen atoms in total. The van der Waals surface area contributed by atoms with Crippen molar-refractivity contribution in [3.63, 3.8) is 0 Å². The van der Waals surface area contributed by atoms with E-state index in [0.717, 1.165) is 36.9 Å². The fraction of sp³-hybridized carbons (Fsp3) is 0.0526. The third-order valence-electron chi connectivity index (χ3n) is 6.20. The number of halogens is 14. The molecule has 58 heavy (non-hydrogen) atoms. The Labute approximate surface area is 399 Å². The van der Waals surface area contributed by atoms with Crippen molar-refractivity contribution in [2.45, 2.75) is 9.97 Å². The molecule has 6 aromatic carbocycles. The molecule has 0 aliphatic heterocycles. The van der Waals surface area contributed by atoms with Crippen molar-refractivity contribution in [1.82, 2.24) is 0 Å². The summed E-state index contributed by atoms with van der Waals surface area (Å²) in [6, 6.07) is 32.7. The molecule has 0 heterocycles. The van der Waals surface area contributed by atoms with E-state index in [0.29, 0.717) is 47.7 Å². The average Bonchev–Trinajstić information content (AvgIpc) is 3.11. The van der Waals surface area contributed by atoms with Gasteiger partial charge in [0.1, 0.15) is 0 Å². The van der Waals surface area contributed by atoms with E-state index in [1.54, 1.807) is 54.6 Å². The van der Waals surface area contributed by atoms with Crippen molar-refractivity contribution in [3.8, 4) is 0 Å². The second kappa shape index (κ2) is 26.1. The van der Waals surface area contributed by atoms with Crippen LogP contribution in [0.15, 0.2) is 135 Å². The Balaban J connectivity index is 0.000000349.